The molecule has 3 heterocycles. The molecule has 0 saturated carbocycles. The molecule has 1 aliphatic rings. The second kappa shape index (κ2) is 5.75. The van der Waals surface area contributed by atoms with Crippen molar-refractivity contribution in [1.82, 2.24) is 25.0 Å². The average Bonchev–Trinajstić information content (AvgIpc) is 3.19. The molecular weight excluding hydrogens is 294 g/mol. The van der Waals surface area contributed by atoms with Gasteiger partial charge in [0.2, 0.25) is 0 Å². The van der Waals surface area contributed by atoms with Crippen LogP contribution in [0.1, 0.15) is 29.4 Å². The van der Waals surface area contributed by atoms with E-state index >= 15 is 0 Å². The Morgan fingerprint density at radius 3 is 3.04 bits per heavy atom. The highest BCUT2D eigenvalue weighted by Crippen LogP contribution is 2.25. The number of aliphatic hydroxyl groups is 1. The number of aromatic nitrogens is 4. The number of rotatable bonds is 4. The summed E-state index contributed by atoms with van der Waals surface area (Å²) in [5, 5.41) is 22.0. The molecule has 23 heavy (non-hydrogen) atoms. The molecule has 7 heteroatoms. The number of fused-ring (bicyclic) bond motifs is 2. The lowest BCUT2D eigenvalue weighted by atomic mass is 10.0. The third-order valence-electron chi connectivity index (χ3n) is 4.51. The highest BCUT2D eigenvalue weighted by Gasteiger charge is 2.24. The molecular formula is C16H19N5O2. The monoisotopic (exact) mass is 313 g/mol. The van der Waals surface area contributed by atoms with Crippen LogP contribution in [0.4, 0.5) is 0 Å². The van der Waals surface area contributed by atoms with Gasteiger partial charge in [-0.25, -0.2) is 4.63 Å². The number of aliphatic hydroxyl groups excluding tert-OH is 1. The Hall–Kier alpha value is -2.25. The molecule has 0 saturated heterocycles. The Kier molecular flexibility index (Phi) is 3.59. The Labute approximate surface area is 133 Å². The van der Waals surface area contributed by atoms with E-state index in [0.29, 0.717) is 0 Å². The van der Waals surface area contributed by atoms with Gasteiger partial charge in [0.25, 0.3) is 0 Å². The number of nitrogens with zero attached hydrogens (tertiary/aromatic N) is 5. The maximum Gasteiger partial charge on any atom is 0.139 e. The van der Waals surface area contributed by atoms with E-state index < -0.39 is 0 Å². The summed E-state index contributed by atoms with van der Waals surface area (Å²) in [6.45, 7) is 5.46. The van der Waals surface area contributed by atoms with Crippen molar-refractivity contribution >= 4 is 11.0 Å². The molecule has 0 aliphatic carbocycles. The molecule has 0 atom stereocenters. The summed E-state index contributed by atoms with van der Waals surface area (Å²) in [5.41, 5.74) is 5.95. The van der Waals surface area contributed by atoms with E-state index in [4.69, 9.17) is 4.63 Å². The summed E-state index contributed by atoms with van der Waals surface area (Å²) in [6.07, 6.45) is 0.948. The van der Waals surface area contributed by atoms with Gasteiger partial charge in [0.15, 0.2) is 0 Å². The minimum Gasteiger partial charge on any atom is -0.390 e. The van der Waals surface area contributed by atoms with Crippen LogP contribution < -0.4 is 0 Å². The predicted molar refractivity (Wildman–Crippen MR) is 83.4 cm³/mol. The third kappa shape index (κ3) is 2.42. The van der Waals surface area contributed by atoms with E-state index in [-0.39, 0.29) is 6.61 Å². The van der Waals surface area contributed by atoms with Crippen LogP contribution in [0, 0.1) is 0 Å². The molecule has 120 valence electrons. The van der Waals surface area contributed by atoms with Gasteiger partial charge in [-0.2, -0.15) is 5.10 Å². The van der Waals surface area contributed by atoms with Crippen molar-refractivity contribution < 1.29 is 9.74 Å². The van der Waals surface area contributed by atoms with Gasteiger partial charge in [-0.1, -0.05) is 12.1 Å². The van der Waals surface area contributed by atoms with E-state index in [1.165, 1.54) is 11.3 Å². The molecule has 3 aromatic rings. The molecule has 0 unspecified atom stereocenters. The van der Waals surface area contributed by atoms with Crippen LogP contribution in [0.3, 0.4) is 0 Å². The molecule has 1 N–H and O–H groups in total. The van der Waals surface area contributed by atoms with E-state index in [9.17, 15) is 5.11 Å². The first-order valence-corrected chi connectivity index (χ1v) is 7.91. The van der Waals surface area contributed by atoms with Gasteiger partial charge in [0.1, 0.15) is 11.0 Å². The van der Waals surface area contributed by atoms with Crippen molar-refractivity contribution in [2.75, 3.05) is 6.54 Å². The minimum absolute atomic E-state index is 0.00797. The smallest absolute Gasteiger partial charge is 0.139 e. The van der Waals surface area contributed by atoms with Crippen molar-refractivity contribution in [2.45, 2.75) is 39.6 Å². The fourth-order valence-corrected chi connectivity index (χ4v) is 3.37. The van der Waals surface area contributed by atoms with Gasteiger partial charge in [0.05, 0.1) is 12.3 Å². The Morgan fingerprint density at radius 1 is 1.30 bits per heavy atom. The number of hydrogen-bond donors (Lipinski definition) is 1. The van der Waals surface area contributed by atoms with Crippen molar-refractivity contribution in [1.29, 1.82) is 0 Å². The van der Waals surface area contributed by atoms with Crippen LogP contribution in [0.15, 0.2) is 22.8 Å². The van der Waals surface area contributed by atoms with Gasteiger partial charge in [-0.3, -0.25) is 9.58 Å². The normalized spacial score (nSPS) is 15.2. The average molecular weight is 313 g/mol. The second-order valence-corrected chi connectivity index (χ2v) is 5.86. The summed E-state index contributed by atoms with van der Waals surface area (Å²) in [4.78, 5) is 2.35. The minimum atomic E-state index is -0.00797. The Bertz CT molecular complexity index is 838. The fourth-order valence-electron chi connectivity index (χ4n) is 3.37. The lowest BCUT2D eigenvalue weighted by Gasteiger charge is -2.27. The Balaban J connectivity index is 1.61. The SMILES string of the molecule is CCn1nc(CO)c2c1CCN(Cc1cccc3nonc13)C2. The van der Waals surface area contributed by atoms with E-state index in [2.05, 4.69) is 33.3 Å². The topological polar surface area (TPSA) is 80.2 Å². The number of benzene rings is 1. The van der Waals surface area contributed by atoms with Crippen LogP contribution in [0.5, 0.6) is 0 Å². The van der Waals surface area contributed by atoms with Gasteiger partial charge in [-0.05, 0) is 28.9 Å². The van der Waals surface area contributed by atoms with Crippen molar-refractivity contribution in [3.05, 3.63) is 40.7 Å². The molecule has 4 rings (SSSR count). The second-order valence-electron chi connectivity index (χ2n) is 5.86. The first kappa shape index (κ1) is 14.3. The molecule has 0 radical (unpaired) electrons. The lowest BCUT2D eigenvalue weighted by molar-refractivity contribution is 0.236. The molecule has 0 amide bonds. The molecule has 0 spiro atoms. The predicted octanol–water partition coefficient (Wildman–Crippen LogP) is 1.49. The molecule has 0 fully saturated rings. The maximum atomic E-state index is 9.57. The van der Waals surface area contributed by atoms with Gasteiger partial charge in [-0.15, -0.1) is 0 Å². The van der Waals surface area contributed by atoms with E-state index in [1.807, 2.05) is 16.8 Å². The summed E-state index contributed by atoms with van der Waals surface area (Å²) in [6, 6.07) is 5.94. The van der Waals surface area contributed by atoms with Crippen molar-refractivity contribution in [3.63, 3.8) is 0 Å². The van der Waals surface area contributed by atoms with Crippen LogP contribution in [0.25, 0.3) is 11.0 Å². The zero-order valence-electron chi connectivity index (χ0n) is 13.1. The van der Waals surface area contributed by atoms with Gasteiger partial charge in [0, 0.05) is 43.9 Å². The molecule has 1 aromatic carbocycles. The summed E-state index contributed by atoms with van der Waals surface area (Å²) in [5.74, 6) is 0. The summed E-state index contributed by atoms with van der Waals surface area (Å²) >= 11 is 0. The fraction of sp³-hybridized carbons (Fsp3) is 0.438. The number of aryl methyl sites for hydroxylation is 1. The Morgan fingerprint density at radius 2 is 2.22 bits per heavy atom. The van der Waals surface area contributed by atoms with E-state index in [0.717, 1.165) is 54.9 Å². The largest absolute Gasteiger partial charge is 0.390 e. The zero-order valence-corrected chi connectivity index (χ0v) is 13.1. The lowest BCUT2D eigenvalue weighted by Crippen LogP contribution is -2.31. The molecule has 0 bridgehead atoms. The van der Waals surface area contributed by atoms with Crippen molar-refractivity contribution in [2.24, 2.45) is 0 Å². The van der Waals surface area contributed by atoms with Crippen LogP contribution in [-0.4, -0.2) is 36.6 Å². The standard InChI is InChI=1S/C16H19N5O2/c1-2-21-15-6-7-20(9-12(15)14(10-22)17-21)8-11-4-3-5-13-16(11)19-23-18-13/h3-5,22H,2,6-10H2,1H3. The van der Waals surface area contributed by atoms with E-state index in [1.54, 1.807) is 0 Å². The van der Waals surface area contributed by atoms with Crippen molar-refractivity contribution in [3.8, 4) is 0 Å². The number of hydrogen-bond acceptors (Lipinski definition) is 6. The third-order valence-corrected chi connectivity index (χ3v) is 4.51. The maximum absolute atomic E-state index is 9.57. The molecule has 7 nitrogen and oxygen atoms in total. The van der Waals surface area contributed by atoms with Crippen LogP contribution in [0.2, 0.25) is 0 Å². The molecule has 2 aromatic heterocycles. The first-order valence-electron chi connectivity index (χ1n) is 7.91. The highest BCUT2D eigenvalue weighted by atomic mass is 16.6. The van der Waals surface area contributed by atoms with Gasteiger partial charge >= 0.3 is 0 Å². The first-order chi connectivity index (χ1) is 11.3. The van der Waals surface area contributed by atoms with Gasteiger partial charge < -0.3 is 5.11 Å². The van der Waals surface area contributed by atoms with Crippen LogP contribution >= 0.6 is 0 Å². The summed E-state index contributed by atoms with van der Waals surface area (Å²) in [7, 11) is 0. The van der Waals surface area contributed by atoms with Crippen LogP contribution in [-0.2, 0) is 32.7 Å². The quantitative estimate of drug-likeness (QED) is 0.786. The molecule has 1 aliphatic heterocycles. The zero-order chi connectivity index (χ0) is 15.8. The summed E-state index contributed by atoms with van der Waals surface area (Å²) < 4.78 is 6.85. The highest BCUT2D eigenvalue weighted by molar-refractivity contribution is 5.76.